The second-order valence-electron chi connectivity index (χ2n) is 4.87. The standard InChI is InChI=1S/C18H14N4O/c1-2-10-22-13-15(16-7-3-4-8-17(16)22)12-20-21-18(23)14-6-5-9-19-11-14/h1,3-9,11-13H,10H2,(H,21,23)/b20-12-. The minimum atomic E-state index is -0.304. The third kappa shape index (κ3) is 3.11. The summed E-state index contributed by atoms with van der Waals surface area (Å²) < 4.78 is 1.97. The largest absolute Gasteiger partial charge is 0.335 e. The number of amides is 1. The Kier molecular flexibility index (Phi) is 4.16. The summed E-state index contributed by atoms with van der Waals surface area (Å²) in [6.07, 6.45) is 12.0. The molecule has 23 heavy (non-hydrogen) atoms. The highest BCUT2D eigenvalue weighted by atomic mass is 16.2. The van der Waals surface area contributed by atoms with Crippen molar-refractivity contribution >= 4 is 23.0 Å². The minimum Gasteiger partial charge on any atom is -0.335 e. The van der Waals surface area contributed by atoms with Crippen LogP contribution < -0.4 is 5.43 Å². The van der Waals surface area contributed by atoms with E-state index in [0.717, 1.165) is 16.5 Å². The first-order valence-corrected chi connectivity index (χ1v) is 7.04. The molecule has 1 aromatic carbocycles. The Bertz CT molecular complexity index is 904. The molecule has 3 rings (SSSR count). The van der Waals surface area contributed by atoms with Crippen molar-refractivity contribution in [2.75, 3.05) is 0 Å². The fourth-order valence-electron chi connectivity index (χ4n) is 2.33. The monoisotopic (exact) mass is 302 g/mol. The van der Waals surface area contributed by atoms with Gasteiger partial charge in [0.2, 0.25) is 0 Å². The van der Waals surface area contributed by atoms with Crippen LogP contribution in [0.2, 0.25) is 0 Å². The van der Waals surface area contributed by atoms with Crippen molar-refractivity contribution in [2.45, 2.75) is 6.54 Å². The van der Waals surface area contributed by atoms with E-state index in [2.05, 4.69) is 21.4 Å². The smallest absolute Gasteiger partial charge is 0.272 e. The highest BCUT2D eigenvalue weighted by molar-refractivity contribution is 6.00. The van der Waals surface area contributed by atoms with Crippen molar-refractivity contribution in [3.63, 3.8) is 0 Å². The van der Waals surface area contributed by atoms with Gasteiger partial charge in [0.25, 0.3) is 5.91 Å². The Morgan fingerprint density at radius 1 is 1.35 bits per heavy atom. The summed E-state index contributed by atoms with van der Waals surface area (Å²) in [6, 6.07) is 11.3. The number of aromatic nitrogens is 2. The molecule has 0 atom stereocenters. The summed E-state index contributed by atoms with van der Waals surface area (Å²) in [6.45, 7) is 0.483. The predicted molar refractivity (Wildman–Crippen MR) is 90.1 cm³/mol. The maximum atomic E-state index is 11.9. The molecule has 0 radical (unpaired) electrons. The molecule has 5 heteroatoms. The van der Waals surface area contributed by atoms with Gasteiger partial charge in [-0.3, -0.25) is 9.78 Å². The van der Waals surface area contributed by atoms with Crippen LogP contribution in [-0.2, 0) is 6.54 Å². The minimum absolute atomic E-state index is 0.304. The van der Waals surface area contributed by atoms with Gasteiger partial charge >= 0.3 is 0 Å². The van der Waals surface area contributed by atoms with Crippen molar-refractivity contribution in [3.8, 4) is 12.3 Å². The van der Waals surface area contributed by atoms with E-state index >= 15 is 0 Å². The Hall–Kier alpha value is -3.39. The number of carbonyl (C=O) groups is 1. The van der Waals surface area contributed by atoms with Crippen molar-refractivity contribution in [2.24, 2.45) is 5.10 Å². The maximum absolute atomic E-state index is 11.9. The molecular weight excluding hydrogens is 288 g/mol. The SMILES string of the molecule is C#CCn1cc(/C=N\NC(=O)c2cccnc2)c2ccccc21. The summed E-state index contributed by atoms with van der Waals surface area (Å²) in [5, 5.41) is 5.05. The van der Waals surface area contributed by atoms with Gasteiger partial charge in [-0.2, -0.15) is 5.10 Å². The molecule has 0 aliphatic heterocycles. The number of hydrogen-bond donors (Lipinski definition) is 1. The third-order valence-electron chi connectivity index (χ3n) is 3.37. The first kappa shape index (κ1) is 14.5. The second-order valence-corrected chi connectivity index (χ2v) is 4.87. The van der Waals surface area contributed by atoms with Crippen molar-refractivity contribution in [1.29, 1.82) is 0 Å². The Balaban J connectivity index is 1.82. The average molecular weight is 302 g/mol. The van der Waals surface area contributed by atoms with E-state index in [1.165, 1.54) is 6.20 Å². The van der Waals surface area contributed by atoms with Gasteiger partial charge in [-0.25, -0.2) is 5.43 Å². The van der Waals surface area contributed by atoms with Gasteiger partial charge in [0.05, 0.1) is 18.3 Å². The Morgan fingerprint density at radius 3 is 3.00 bits per heavy atom. The number of para-hydroxylation sites is 1. The number of carbonyl (C=O) groups excluding carboxylic acids is 1. The van der Waals surface area contributed by atoms with Gasteiger partial charge in [-0.05, 0) is 18.2 Å². The van der Waals surface area contributed by atoms with Crippen LogP contribution in [0.25, 0.3) is 10.9 Å². The third-order valence-corrected chi connectivity index (χ3v) is 3.37. The number of terminal acetylenes is 1. The van der Waals surface area contributed by atoms with E-state index in [1.807, 2.05) is 35.0 Å². The first-order valence-electron chi connectivity index (χ1n) is 7.04. The molecule has 0 saturated heterocycles. The Morgan fingerprint density at radius 2 is 2.22 bits per heavy atom. The molecule has 1 amide bonds. The molecule has 1 N–H and O–H groups in total. The molecule has 0 spiro atoms. The van der Waals surface area contributed by atoms with Crippen LogP contribution in [0.15, 0.2) is 60.1 Å². The van der Waals surface area contributed by atoms with Crippen LogP contribution in [0.3, 0.4) is 0 Å². The Labute approximate surface area is 133 Å². The van der Waals surface area contributed by atoms with Crippen LogP contribution in [-0.4, -0.2) is 21.7 Å². The molecule has 2 heterocycles. The number of hydrazone groups is 1. The molecule has 0 aliphatic rings. The lowest BCUT2D eigenvalue weighted by molar-refractivity contribution is 0.0955. The highest BCUT2D eigenvalue weighted by Gasteiger charge is 2.06. The summed E-state index contributed by atoms with van der Waals surface area (Å²) in [4.78, 5) is 15.8. The van der Waals surface area contributed by atoms with Gasteiger partial charge in [0, 0.05) is 35.1 Å². The van der Waals surface area contributed by atoms with E-state index in [9.17, 15) is 4.79 Å². The van der Waals surface area contributed by atoms with E-state index in [4.69, 9.17) is 6.42 Å². The average Bonchev–Trinajstić information content (AvgIpc) is 2.94. The lowest BCUT2D eigenvalue weighted by atomic mass is 10.2. The molecule has 0 unspecified atom stereocenters. The zero-order valence-corrected chi connectivity index (χ0v) is 12.3. The first-order chi connectivity index (χ1) is 11.3. The van der Waals surface area contributed by atoms with Crippen LogP contribution in [0.4, 0.5) is 0 Å². The summed E-state index contributed by atoms with van der Waals surface area (Å²) in [5.41, 5.74) is 4.88. The summed E-state index contributed by atoms with van der Waals surface area (Å²) >= 11 is 0. The van der Waals surface area contributed by atoms with E-state index in [1.54, 1.807) is 24.5 Å². The predicted octanol–water partition coefficient (Wildman–Crippen LogP) is 2.43. The molecule has 112 valence electrons. The molecule has 2 aromatic heterocycles. The zero-order valence-electron chi connectivity index (χ0n) is 12.3. The quantitative estimate of drug-likeness (QED) is 0.457. The van der Waals surface area contributed by atoms with Crippen LogP contribution >= 0.6 is 0 Å². The van der Waals surface area contributed by atoms with Gasteiger partial charge in [-0.15, -0.1) is 6.42 Å². The topological polar surface area (TPSA) is 59.3 Å². The molecule has 3 aromatic rings. The van der Waals surface area contributed by atoms with Gasteiger partial charge < -0.3 is 4.57 Å². The van der Waals surface area contributed by atoms with Crippen LogP contribution in [0.5, 0.6) is 0 Å². The highest BCUT2D eigenvalue weighted by Crippen LogP contribution is 2.19. The number of pyridine rings is 1. The lowest BCUT2D eigenvalue weighted by Crippen LogP contribution is -2.17. The number of hydrogen-bond acceptors (Lipinski definition) is 3. The van der Waals surface area contributed by atoms with Crippen molar-refractivity contribution < 1.29 is 4.79 Å². The number of fused-ring (bicyclic) bond motifs is 1. The molecule has 0 saturated carbocycles. The van der Waals surface area contributed by atoms with E-state index < -0.39 is 0 Å². The van der Waals surface area contributed by atoms with E-state index in [0.29, 0.717) is 12.1 Å². The van der Waals surface area contributed by atoms with Crippen molar-refractivity contribution in [1.82, 2.24) is 15.0 Å². The molecule has 0 bridgehead atoms. The summed E-state index contributed by atoms with van der Waals surface area (Å²) in [7, 11) is 0. The lowest BCUT2D eigenvalue weighted by Gasteiger charge is -1.97. The molecule has 0 aliphatic carbocycles. The fourth-order valence-corrected chi connectivity index (χ4v) is 2.33. The van der Waals surface area contributed by atoms with Crippen LogP contribution in [0.1, 0.15) is 15.9 Å². The molecule has 0 fully saturated rings. The number of nitrogens with one attached hydrogen (secondary N) is 1. The molecule has 5 nitrogen and oxygen atoms in total. The van der Waals surface area contributed by atoms with Crippen LogP contribution in [0, 0.1) is 12.3 Å². The second kappa shape index (κ2) is 6.58. The number of nitrogens with zero attached hydrogens (tertiary/aromatic N) is 3. The number of benzene rings is 1. The normalized spacial score (nSPS) is 10.7. The summed E-state index contributed by atoms with van der Waals surface area (Å²) in [5.74, 6) is 2.32. The van der Waals surface area contributed by atoms with Crippen molar-refractivity contribution in [3.05, 3.63) is 66.1 Å². The molecular formula is C18H14N4O. The fraction of sp³-hybridized carbons (Fsp3) is 0.0556. The zero-order chi connectivity index (χ0) is 16.1. The van der Waals surface area contributed by atoms with Gasteiger partial charge in [0.15, 0.2) is 0 Å². The maximum Gasteiger partial charge on any atom is 0.272 e. The van der Waals surface area contributed by atoms with E-state index in [-0.39, 0.29) is 5.91 Å². The van der Waals surface area contributed by atoms with Gasteiger partial charge in [0.1, 0.15) is 0 Å². The number of rotatable bonds is 4. The van der Waals surface area contributed by atoms with Gasteiger partial charge in [-0.1, -0.05) is 24.1 Å².